The molecule has 0 saturated heterocycles. The maximum Gasteiger partial charge on any atom is 0.120 e. The first-order valence-corrected chi connectivity index (χ1v) is 11.2. The zero-order chi connectivity index (χ0) is 19.8. The molecule has 0 aliphatic rings. The van der Waals surface area contributed by atoms with Crippen molar-refractivity contribution in [2.45, 2.75) is 12.8 Å². The Morgan fingerprint density at radius 3 is 2.39 bits per heavy atom. The van der Waals surface area contributed by atoms with E-state index >= 15 is 0 Å². The first kappa shape index (κ1) is 21.3. The number of aliphatic hydroxyl groups excluding tert-OH is 2. The van der Waals surface area contributed by atoms with Gasteiger partial charge in [0.2, 0.25) is 0 Å². The van der Waals surface area contributed by atoms with Gasteiger partial charge in [0.1, 0.15) is 5.75 Å². The minimum atomic E-state index is 0.125. The second-order valence-corrected chi connectivity index (χ2v) is 8.49. The topological polar surface area (TPSA) is 52.9 Å². The van der Waals surface area contributed by atoms with Crippen molar-refractivity contribution in [3.63, 3.8) is 0 Å². The Bertz CT molecular complexity index is 860. The summed E-state index contributed by atoms with van der Waals surface area (Å²) in [6.07, 6.45) is 1.93. The fourth-order valence-corrected chi connectivity index (χ4v) is 4.46. The molecular formula is C22H26BrNO3S. The lowest BCUT2D eigenvalue weighted by Gasteiger charge is -2.19. The van der Waals surface area contributed by atoms with Crippen molar-refractivity contribution in [1.29, 1.82) is 0 Å². The SMILES string of the molecule is OCCN(CCO)CCCCOc1ccc2c(-c3ccc(Br)cc3)csc2c1. The van der Waals surface area contributed by atoms with Crippen LogP contribution in [0.3, 0.4) is 0 Å². The van der Waals surface area contributed by atoms with Gasteiger partial charge >= 0.3 is 0 Å². The quantitative estimate of drug-likeness (QED) is 0.401. The van der Waals surface area contributed by atoms with Gasteiger partial charge < -0.3 is 14.9 Å². The molecule has 0 unspecified atom stereocenters. The van der Waals surface area contributed by atoms with Crippen LogP contribution in [0, 0.1) is 0 Å². The van der Waals surface area contributed by atoms with E-state index in [1.807, 2.05) is 6.07 Å². The second kappa shape index (κ2) is 10.9. The molecule has 3 rings (SSSR count). The van der Waals surface area contributed by atoms with Gasteiger partial charge in [0, 0.05) is 33.2 Å². The lowest BCUT2D eigenvalue weighted by molar-refractivity contribution is 0.157. The van der Waals surface area contributed by atoms with Crippen LogP contribution < -0.4 is 4.74 Å². The van der Waals surface area contributed by atoms with Crippen LogP contribution in [0.1, 0.15) is 12.8 Å². The van der Waals surface area contributed by atoms with Crippen molar-refractivity contribution in [2.75, 3.05) is 39.5 Å². The number of hydrogen-bond acceptors (Lipinski definition) is 5. The average molecular weight is 464 g/mol. The molecule has 4 nitrogen and oxygen atoms in total. The predicted octanol–water partition coefficient (Wildman–Crippen LogP) is 4.78. The number of fused-ring (bicyclic) bond motifs is 1. The van der Waals surface area contributed by atoms with Gasteiger partial charge in [-0.1, -0.05) is 28.1 Å². The molecule has 0 fully saturated rings. The molecule has 0 saturated carbocycles. The van der Waals surface area contributed by atoms with E-state index in [2.05, 4.69) is 62.6 Å². The van der Waals surface area contributed by atoms with Crippen molar-refractivity contribution in [1.82, 2.24) is 4.90 Å². The molecule has 3 aromatic rings. The summed E-state index contributed by atoms with van der Waals surface area (Å²) in [6.45, 7) is 3.00. The molecule has 0 spiro atoms. The fraction of sp³-hybridized carbons (Fsp3) is 0.364. The number of halogens is 1. The molecule has 0 aliphatic carbocycles. The molecule has 1 aromatic heterocycles. The Hall–Kier alpha value is -1.44. The van der Waals surface area contributed by atoms with Crippen molar-refractivity contribution in [3.8, 4) is 16.9 Å². The molecule has 1 heterocycles. The zero-order valence-electron chi connectivity index (χ0n) is 15.8. The molecule has 2 aromatic carbocycles. The van der Waals surface area contributed by atoms with E-state index in [1.54, 1.807) is 11.3 Å². The maximum atomic E-state index is 9.04. The maximum absolute atomic E-state index is 9.04. The number of hydrogen-bond donors (Lipinski definition) is 2. The van der Waals surface area contributed by atoms with E-state index in [0.29, 0.717) is 19.7 Å². The summed E-state index contributed by atoms with van der Waals surface area (Å²) in [6, 6.07) is 14.7. The Morgan fingerprint density at radius 1 is 0.929 bits per heavy atom. The van der Waals surface area contributed by atoms with Crippen LogP contribution in [0.5, 0.6) is 5.75 Å². The summed E-state index contributed by atoms with van der Waals surface area (Å²) in [5.41, 5.74) is 2.48. The first-order chi connectivity index (χ1) is 13.7. The number of ether oxygens (including phenoxy) is 1. The highest BCUT2D eigenvalue weighted by atomic mass is 79.9. The van der Waals surface area contributed by atoms with Crippen molar-refractivity contribution < 1.29 is 14.9 Å². The molecule has 6 heteroatoms. The molecule has 150 valence electrons. The Kier molecular flexibility index (Phi) is 8.30. The Morgan fingerprint density at radius 2 is 1.68 bits per heavy atom. The summed E-state index contributed by atoms with van der Waals surface area (Å²) in [4.78, 5) is 2.07. The molecule has 0 bridgehead atoms. The van der Waals surface area contributed by atoms with Crippen molar-refractivity contribution in [2.24, 2.45) is 0 Å². The van der Waals surface area contributed by atoms with Crippen LogP contribution in [0.2, 0.25) is 0 Å². The van der Waals surface area contributed by atoms with Gasteiger partial charge in [-0.15, -0.1) is 11.3 Å². The van der Waals surface area contributed by atoms with Crippen LogP contribution in [0.15, 0.2) is 52.3 Å². The van der Waals surface area contributed by atoms with Gasteiger partial charge in [-0.2, -0.15) is 0 Å². The van der Waals surface area contributed by atoms with Crippen LogP contribution in [-0.4, -0.2) is 54.6 Å². The van der Waals surface area contributed by atoms with E-state index in [9.17, 15) is 0 Å². The summed E-state index contributed by atoms with van der Waals surface area (Å²) >= 11 is 5.23. The van der Waals surface area contributed by atoms with Gasteiger partial charge in [0.05, 0.1) is 19.8 Å². The van der Waals surface area contributed by atoms with Gasteiger partial charge in [-0.25, -0.2) is 0 Å². The van der Waals surface area contributed by atoms with Gasteiger partial charge in [0.15, 0.2) is 0 Å². The standard InChI is InChI=1S/C22H26BrNO3S/c23-18-5-3-17(4-6-18)21-16-28-22-15-19(7-8-20(21)22)27-14-2-1-9-24(10-12-25)11-13-26/h3-8,15-16,25-26H,1-2,9-14H2. The number of aliphatic hydroxyl groups is 2. The first-order valence-electron chi connectivity index (χ1n) is 9.55. The third kappa shape index (κ3) is 5.78. The number of thiophene rings is 1. The Labute approximate surface area is 178 Å². The van der Waals surface area contributed by atoms with Crippen LogP contribution in [0.4, 0.5) is 0 Å². The number of nitrogens with zero attached hydrogens (tertiary/aromatic N) is 1. The normalized spacial score (nSPS) is 11.4. The van der Waals surface area contributed by atoms with E-state index in [0.717, 1.165) is 29.6 Å². The molecular weight excluding hydrogens is 438 g/mol. The van der Waals surface area contributed by atoms with Gasteiger partial charge in [-0.3, -0.25) is 4.90 Å². The van der Waals surface area contributed by atoms with E-state index in [-0.39, 0.29) is 13.2 Å². The van der Waals surface area contributed by atoms with Crippen molar-refractivity contribution >= 4 is 37.4 Å². The summed E-state index contributed by atoms with van der Waals surface area (Å²) < 4.78 is 8.24. The lowest BCUT2D eigenvalue weighted by atomic mass is 10.1. The molecule has 0 atom stereocenters. The smallest absolute Gasteiger partial charge is 0.120 e. The van der Waals surface area contributed by atoms with E-state index < -0.39 is 0 Å². The third-order valence-electron chi connectivity index (χ3n) is 4.67. The number of unbranched alkanes of at least 4 members (excludes halogenated alkanes) is 1. The van der Waals surface area contributed by atoms with Gasteiger partial charge in [-0.05, 0) is 60.7 Å². The minimum absolute atomic E-state index is 0.125. The van der Waals surface area contributed by atoms with Crippen molar-refractivity contribution in [3.05, 3.63) is 52.3 Å². The fourth-order valence-electron chi connectivity index (χ4n) is 3.20. The third-order valence-corrected chi connectivity index (χ3v) is 6.15. The highest BCUT2D eigenvalue weighted by Gasteiger charge is 2.08. The summed E-state index contributed by atoms with van der Waals surface area (Å²) in [7, 11) is 0. The Balaban J connectivity index is 1.53. The van der Waals surface area contributed by atoms with E-state index in [1.165, 1.54) is 21.2 Å². The highest BCUT2D eigenvalue weighted by molar-refractivity contribution is 9.10. The largest absolute Gasteiger partial charge is 0.494 e. The molecule has 0 radical (unpaired) electrons. The number of benzene rings is 2. The minimum Gasteiger partial charge on any atom is -0.494 e. The lowest BCUT2D eigenvalue weighted by Crippen LogP contribution is -2.31. The molecule has 0 aliphatic heterocycles. The summed E-state index contributed by atoms with van der Waals surface area (Å²) in [5, 5.41) is 21.5. The highest BCUT2D eigenvalue weighted by Crippen LogP contribution is 2.36. The predicted molar refractivity (Wildman–Crippen MR) is 120 cm³/mol. The average Bonchev–Trinajstić information content (AvgIpc) is 3.12. The second-order valence-electron chi connectivity index (χ2n) is 6.66. The molecule has 0 amide bonds. The van der Waals surface area contributed by atoms with E-state index in [4.69, 9.17) is 14.9 Å². The van der Waals surface area contributed by atoms with Gasteiger partial charge in [0.25, 0.3) is 0 Å². The van der Waals surface area contributed by atoms with Crippen LogP contribution in [-0.2, 0) is 0 Å². The van der Waals surface area contributed by atoms with Crippen LogP contribution in [0.25, 0.3) is 21.2 Å². The monoisotopic (exact) mass is 463 g/mol. The molecule has 28 heavy (non-hydrogen) atoms. The zero-order valence-corrected chi connectivity index (χ0v) is 18.2. The summed E-state index contributed by atoms with van der Waals surface area (Å²) in [5.74, 6) is 0.902. The number of rotatable bonds is 11. The molecule has 2 N–H and O–H groups in total. The van der Waals surface area contributed by atoms with Crippen LogP contribution >= 0.6 is 27.3 Å².